The smallest absolute Gasteiger partial charge is 0.337 e. The number of rotatable bonds is 4. The van der Waals surface area contributed by atoms with E-state index < -0.39 is 11.9 Å². The lowest BCUT2D eigenvalue weighted by atomic mass is 10.1. The molecule has 0 fully saturated rings. The van der Waals surface area contributed by atoms with Crippen LogP contribution in [0.15, 0.2) is 48.5 Å². The predicted molar refractivity (Wildman–Crippen MR) is 104 cm³/mol. The number of aryl methyl sites for hydroxylation is 1. The van der Waals surface area contributed by atoms with Gasteiger partial charge >= 0.3 is 11.9 Å². The van der Waals surface area contributed by atoms with Crippen molar-refractivity contribution < 1.29 is 23.9 Å². The van der Waals surface area contributed by atoms with Crippen molar-refractivity contribution in [1.82, 2.24) is 4.98 Å². The Kier molecular flexibility index (Phi) is 5.35. The van der Waals surface area contributed by atoms with Crippen LogP contribution in [-0.2, 0) is 9.47 Å². The second-order valence-corrected chi connectivity index (χ2v) is 6.06. The van der Waals surface area contributed by atoms with Crippen LogP contribution in [0.2, 0.25) is 0 Å². The number of nitrogens with zero attached hydrogens (tertiary/aromatic N) is 1. The van der Waals surface area contributed by atoms with E-state index in [0.29, 0.717) is 22.2 Å². The maximum atomic E-state index is 12.9. The van der Waals surface area contributed by atoms with E-state index in [-0.39, 0.29) is 22.7 Å². The summed E-state index contributed by atoms with van der Waals surface area (Å²) in [5, 5.41) is 3.43. The number of carbonyl (C=O) groups excluding carboxylic acids is 3. The Morgan fingerprint density at radius 3 is 2.11 bits per heavy atom. The van der Waals surface area contributed by atoms with E-state index in [1.807, 2.05) is 18.2 Å². The van der Waals surface area contributed by atoms with E-state index in [1.54, 1.807) is 19.1 Å². The monoisotopic (exact) mass is 378 g/mol. The Morgan fingerprint density at radius 2 is 1.50 bits per heavy atom. The first-order valence-corrected chi connectivity index (χ1v) is 8.42. The van der Waals surface area contributed by atoms with Crippen molar-refractivity contribution in [1.29, 1.82) is 0 Å². The van der Waals surface area contributed by atoms with E-state index in [2.05, 4.69) is 10.3 Å². The molecule has 142 valence electrons. The topological polar surface area (TPSA) is 94.6 Å². The molecule has 0 radical (unpaired) electrons. The first-order valence-electron chi connectivity index (χ1n) is 8.42. The maximum absolute atomic E-state index is 12.9. The summed E-state index contributed by atoms with van der Waals surface area (Å²) < 4.78 is 9.42. The van der Waals surface area contributed by atoms with Crippen molar-refractivity contribution in [3.8, 4) is 0 Å². The number of benzene rings is 2. The summed E-state index contributed by atoms with van der Waals surface area (Å²) in [6.45, 7) is 1.80. The standard InChI is InChI=1S/C21H18N2O5/c1-12-8-17(16-6-4-5-7-18(16)22-12)19(24)23-15-10-13(20(25)27-2)9-14(11-15)21(26)28-3/h4-11H,1-3H3,(H,23,24). The highest BCUT2D eigenvalue weighted by Gasteiger charge is 2.17. The first-order chi connectivity index (χ1) is 13.4. The second-order valence-electron chi connectivity index (χ2n) is 6.06. The molecule has 0 bridgehead atoms. The maximum Gasteiger partial charge on any atom is 0.337 e. The van der Waals surface area contributed by atoms with Crippen LogP contribution in [0.4, 0.5) is 5.69 Å². The molecule has 0 saturated heterocycles. The van der Waals surface area contributed by atoms with Crippen molar-refractivity contribution in [2.75, 3.05) is 19.5 Å². The van der Waals surface area contributed by atoms with Gasteiger partial charge in [0.25, 0.3) is 5.91 Å². The molecule has 1 amide bonds. The molecule has 28 heavy (non-hydrogen) atoms. The molecule has 0 aliphatic carbocycles. The summed E-state index contributed by atoms with van der Waals surface area (Å²) in [5.74, 6) is -1.66. The minimum atomic E-state index is -0.633. The molecule has 3 rings (SSSR count). The molecule has 0 aliphatic rings. The molecule has 1 N–H and O–H groups in total. The van der Waals surface area contributed by atoms with Gasteiger partial charge in [0.05, 0.1) is 36.4 Å². The fourth-order valence-electron chi connectivity index (χ4n) is 2.87. The average Bonchev–Trinajstić information content (AvgIpc) is 2.71. The molecule has 2 aromatic carbocycles. The zero-order chi connectivity index (χ0) is 20.3. The van der Waals surface area contributed by atoms with Gasteiger partial charge in [0.15, 0.2) is 0 Å². The Morgan fingerprint density at radius 1 is 0.893 bits per heavy atom. The molecule has 0 atom stereocenters. The van der Waals surface area contributed by atoms with Gasteiger partial charge in [-0.2, -0.15) is 0 Å². The summed E-state index contributed by atoms with van der Waals surface area (Å²) in [7, 11) is 2.47. The molecular formula is C21H18N2O5. The summed E-state index contributed by atoms with van der Waals surface area (Å²) in [6.07, 6.45) is 0. The lowest BCUT2D eigenvalue weighted by Crippen LogP contribution is -2.15. The van der Waals surface area contributed by atoms with Gasteiger partial charge in [-0.05, 0) is 37.3 Å². The predicted octanol–water partition coefficient (Wildman–Crippen LogP) is 3.37. The van der Waals surface area contributed by atoms with Crippen LogP contribution < -0.4 is 5.32 Å². The third-order valence-corrected chi connectivity index (χ3v) is 4.12. The van der Waals surface area contributed by atoms with E-state index >= 15 is 0 Å². The average molecular weight is 378 g/mol. The fourth-order valence-corrected chi connectivity index (χ4v) is 2.87. The molecular weight excluding hydrogens is 360 g/mol. The van der Waals surface area contributed by atoms with Gasteiger partial charge in [0, 0.05) is 16.8 Å². The minimum Gasteiger partial charge on any atom is -0.465 e. The SMILES string of the molecule is COC(=O)c1cc(NC(=O)c2cc(C)nc3ccccc23)cc(C(=O)OC)c1. The molecule has 7 nitrogen and oxygen atoms in total. The van der Waals surface area contributed by atoms with E-state index in [0.717, 1.165) is 0 Å². The highest BCUT2D eigenvalue weighted by atomic mass is 16.5. The third kappa shape index (κ3) is 3.83. The van der Waals surface area contributed by atoms with Gasteiger partial charge in [-0.15, -0.1) is 0 Å². The van der Waals surface area contributed by atoms with E-state index in [1.165, 1.54) is 32.4 Å². The quantitative estimate of drug-likeness (QED) is 0.700. The Labute approximate surface area is 161 Å². The zero-order valence-corrected chi connectivity index (χ0v) is 15.6. The van der Waals surface area contributed by atoms with Gasteiger partial charge in [-0.3, -0.25) is 9.78 Å². The number of nitrogens with one attached hydrogen (secondary N) is 1. The number of fused-ring (bicyclic) bond motifs is 1. The van der Waals surface area contributed by atoms with E-state index in [9.17, 15) is 14.4 Å². The number of carbonyl (C=O) groups is 3. The van der Waals surface area contributed by atoms with Gasteiger partial charge in [-0.25, -0.2) is 9.59 Å². The van der Waals surface area contributed by atoms with Crippen molar-refractivity contribution in [3.63, 3.8) is 0 Å². The number of pyridine rings is 1. The van der Waals surface area contributed by atoms with Crippen molar-refractivity contribution in [3.05, 3.63) is 70.9 Å². The molecule has 1 heterocycles. The van der Waals surface area contributed by atoms with Crippen molar-refractivity contribution in [2.45, 2.75) is 6.92 Å². The Bertz CT molecular complexity index is 1060. The number of amides is 1. The largest absolute Gasteiger partial charge is 0.465 e. The number of esters is 2. The summed E-state index contributed by atoms with van der Waals surface area (Å²) in [6, 6.07) is 13.2. The lowest BCUT2D eigenvalue weighted by Gasteiger charge is -2.11. The Balaban J connectivity index is 2.03. The molecule has 0 aliphatic heterocycles. The number of hydrogen-bond donors (Lipinski definition) is 1. The van der Waals surface area contributed by atoms with Crippen LogP contribution in [0.3, 0.4) is 0 Å². The van der Waals surface area contributed by atoms with Gasteiger partial charge < -0.3 is 14.8 Å². The van der Waals surface area contributed by atoms with Gasteiger partial charge in [0.2, 0.25) is 0 Å². The molecule has 0 saturated carbocycles. The minimum absolute atomic E-state index is 0.122. The lowest BCUT2D eigenvalue weighted by molar-refractivity contribution is 0.0599. The highest BCUT2D eigenvalue weighted by molar-refractivity contribution is 6.13. The first kappa shape index (κ1) is 19.0. The normalized spacial score (nSPS) is 10.4. The number of hydrogen-bond acceptors (Lipinski definition) is 6. The molecule has 0 unspecified atom stereocenters. The summed E-state index contributed by atoms with van der Waals surface area (Å²) in [4.78, 5) is 41.1. The number of ether oxygens (including phenoxy) is 2. The number of anilines is 1. The molecule has 3 aromatic rings. The molecule has 0 spiro atoms. The van der Waals surface area contributed by atoms with Crippen LogP contribution in [-0.4, -0.2) is 37.0 Å². The Hall–Kier alpha value is -3.74. The summed E-state index contributed by atoms with van der Waals surface area (Å²) in [5.41, 5.74) is 2.35. The van der Waals surface area contributed by atoms with Crippen LogP contribution in [0, 0.1) is 6.92 Å². The molecule has 1 aromatic heterocycles. The van der Waals surface area contributed by atoms with Crippen LogP contribution in [0.25, 0.3) is 10.9 Å². The highest BCUT2D eigenvalue weighted by Crippen LogP contribution is 2.22. The van der Waals surface area contributed by atoms with Crippen molar-refractivity contribution >= 4 is 34.4 Å². The van der Waals surface area contributed by atoms with Gasteiger partial charge in [-0.1, -0.05) is 18.2 Å². The third-order valence-electron chi connectivity index (χ3n) is 4.12. The second kappa shape index (κ2) is 7.87. The van der Waals surface area contributed by atoms with Crippen LogP contribution in [0.5, 0.6) is 0 Å². The number of aromatic nitrogens is 1. The van der Waals surface area contributed by atoms with Crippen molar-refractivity contribution in [2.24, 2.45) is 0 Å². The fraction of sp³-hybridized carbons (Fsp3) is 0.143. The number of methoxy groups -OCH3 is 2. The number of para-hydroxylation sites is 1. The van der Waals surface area contributed by atoms with Crippen LogP contribution >= 0.6 is 0 Å². The summed E-state index contributed by atoms with van der Waals surface area (Å²) >= 11 is 0. The van der Waals surface area contributed by atoms with Gasteiger partial charge in [0.1, 0.15) is 0 Å². The zero-order valence-electron chi connectivity index (χ0n) is 15.6. The van der Waals surface area contributed by atoms with E-state index in [4.69, 9.17) is 9.47 Å². The van der Waals surface area contributed by atoms with Crippen LogP contribution in [0.1, 0.15) is 36.8 Å². The molecule has 7 heteroatoms.